The van der Waals surface area contributed by atoms with Crippen molar-refractivity contribution in [2.75, 3.05) is 0 Å². The molecule has 0 saturated heterocycles. The molecule has 3 aromatic rings. The van der Waals surface area contributed by atoms with Gasteiger partial charge in [-0.1, -0.05) is 0 Å². The molecule has 0 aliphatic carbocycles. The second kappa shape index (κ2) is 6.42. The highest BCUT2D eigenvalue weighted by atomic mass is 19.1. The van der Waals surface area contributed by atoms with Crippen LogP contribution in [0, 0.1) is 17.0 Å². The van der Waals surface area contributed by atoms with E-state index in [1.807, 2.05) is 0 Å². The second-order valence-electron chi connectivity index (χ2n) is 6.73. The number of aliphatic carboxylic acids is 1. The number of aliphatic hydroxyl groups is 1. The minimum absolute atomic E-state index is 0.0409. The lowest BCUT2D eigenvalue weighted by molar-refractivity contribution is -0.146. The molecule has 27 heavy (non-hydrogen) atoms. The first-order valence-corrected chi connectivity index (χ1v) is 7.89. The van der Waals surface area contributed by atoms with Gasteiger partial charge >= 0.3 is 5.97 Å². The third-order valence-electron chi connectivity index (χ3n) is 4.15. The lowest BCUT2D eigenvalue weighted by Crippen LogP contribution is -2.33. The van der Waals surface area contributed by atoms with E-state index < -0.39 is 34.2 Å². The predicted molar refractivity (Wildman–Crippen MR) is 91.9 cm³/mol. The Hall–Kier alpha value is -3.36. The summed E-state index contributed by atoms with van der Waals surface area (Å²) in [6, 6.07) is 3.84. The molecule has 7 nitrogen and oxygen atoms in total. The molecule has 0 unspecified atom stereocenters. The van der Waals surface area contributed by atoms with Crippen LogP contribution >= 0.6 is 0 Å². The number of fused-ring (bicyclic) bond motifs is 1. The van der Waals surface area contributed by atoms with Crippen LogP contribution in [0.5, 0.6) is 0 Å². The Morgan fingerprint density at radius 1 is 1.15 bits per heavy atom. The van der Waals surface area contributed by atoms with Gasteiger partial charge in [0.05, 0.1) is 11.1 Å². The summed E-state index contributed by atoms with van der Waals surface area (Å²) in [5.74, 6) is -3.26. The van der Waals surface area contributed by atoms with E-state index >= 15 is 0 Å². The zero-order chi connectivity index (χ0) is 19.9. The van der Waals surface area contributed by atoms with Crippen molar-refractivity contribution < 1.29 is 23.8 Å². The van der Waals surface area contributed by atoms with Crippen molar-refractivity contribution in [1.82, 2.24) is 14.6 Å². The molecule has 0 aliphatic rings. The Kier molecular flexibility index (Phi) is 4.38. The molecule has 2 N–H and O–H groups in total. The van der Waals surface area contributed by atoms with Crippen LogP contribution in [0.1, 0.15) is 20.3 Å². The molecular weight excluding hydrogens is 360 g/mol. The Labute approximate surface area is 151 Å². The van der Waals surface area contributed by atoms with E-state index in [0.29, 0.717) is 6.07 Å². The highest BCUT2D eigenvalue weighted by Crippen LogP contribution is 2.25. The fraction of sp³-hybridized carbons (Fsp3) is 0.222. The van der Waals surface area contributed by atoms with Crippen molar-refractivity contribution in [1.29, 1.82) is 0 Å². The second-order valence-corrected chi connectivity index (χ2v) is 6.73. The first-order chi connectivity index (χ1) is 12.6. The van der Waals surface area contributed by atoms with E-state index in [0.717, 1.165) is 29.0 Å². The standard InChI is InChI=1S/C18H15F2N3O4/c1-18(2,17(26)27)7-14(25)15-13(24)6-12(23-16(15)21-8-22-23)9-3-10(19)5-11(20)4-9/h3-6,8,25H,7H2,1-2H3,(H,26,27). The maximum atomic E-state index is 13.5. The number of hydrogen-bond acceptors (Lipinski definition) is 5. The molecule has 2 heterocycles. The van der Waals surface area contributed by atoms with Gasteiger partial charge in [-0.15, -0.1) is 0 Å². The first kappa shape index (κ1) is 18.4. The van der Waals surface area contributed by atoms with Crippen LogP contribution in [0.3, 0.4) is 0 Å². The summed E-state index contributed by atoms with van der Waals surface area (Å²) >= 11 is 0. The van der Waals surface area contributed by atoms with Crippen molar-refractivity contribution >= 4 is 17.4 Å². The molecule has 3 rings (SSSR count). The Bertz CT molecular complexity index is 1150. The molecular formula is C18H15F2N3O4. The SMILES string of the molecule is CC(C)(CC(O)=c1c(=O)cc(-c2cc(F)cc(F)c2)n2ncnc12)C(=O)O. The quantitative estimate of drug-likeness (QED) is 0.722. The van der Waals surface area contributed by atoms with Gasteiger partial charge < -0.3 is 10.2 Å². The summed E-state index contributed by atoms with van der Waals surface area (Å²) in [4.78, 5) is 27.8. The molecule has 0 amide bonds. The average Bonchev–Trinajstić information content (AvgIpc) is 3.01. The number of pyridine rings is 1. The number of nitrogens with zero attached hydrogens (tertiary/aromatic N) is 3. The van der Waals surface area contributed by atoms with Crippen LogP contribution in [0.25, 0.3) is 22.7 Å². The van der Waals surface area contributed by atoms with Gasteiger partial charge in [-0.3, -0.25) is 9.59 Å². The molecule has 140 valence electrons. The smallest absolute Gasteiger partial charge is 0.309 e. The van der Waals surface area contributed by atoms with Gasteiger partial charge in [0.1, 0.15) is 28.9 Å². The number of halogens is 2. The molecule has 0 aliphatic heterocycles. The van der Waals surface area contributed by atoms with Crippen LogP contribution in [0.4, 0.5) is 8.78 Å². The van der Waals surface area contributed by atoms with E-state index in [-0.39, 0.29) is 28.5 Å². The molecule has 9 heteroatoms. The van der Waals surface area contributed by atoms with Gasteiger partial charge in [-0.2, -0.15) is 5.10 Å². The summed E-state index contributed by atoms with van der Waals surface area (Å²) in [5.41, 5.74) is -1.88. The number of rotatable bonds is 4. The maximum Gasteiger partial charge on any atom is 0.309 e. The van der Waals surface area contributed by atoms with Crippen molar-refractivity contribution in [2.24, 2.45) is 5.41 Å². The summed E-state index contributed by atoms with van der Waals surface area (Å²) in [6.45, 7) is 2.81. The van der Waals surface area contributed by atoms with E-state index in [2.05, 4.69) is 10.1 Å². The van der Waals surface area contributed by atoms with Gasteiger partial charge in [0.15, 0.2) is 11.1 Å². The Morgan fingerprint density at radius 3 is 2.37 bits per heavy atom. The molecule has 0 saturated carbocycles. The van der Waals surface area contributed by atoms with Crippen LogP contribution in [0.15, 0.2) is 35.4 Å². The summed E-state index contributed by atoms with van der Waals surface area (Å²) in [7, 11) is 0. The molecule has 0 fully saturated rings. The normalized spacial score (nSPS) is 13.0. The highest BCUT2D eigenvalue weighted by Gasteiger charge is 2.29. The van der Waals surface area contributed by atoms with Gasteiger partial charge in [-0.25, -0.2) is 18.3 Å². The third-order valence-corrected chi connectivity index (χ3v) is 4.15. The van der Waals surface area contributed by atoms with E-state index in [1.54, 1.807) is 0 Å². The minimum Gasteiger partial charge on any atom is -0.511 e. The van der Waals surface area contributed by atoms with Crippen LogP contribution in [-0.2, 0) is 4.79 Å². The minimum atomic E-state index is -1.32. The van der Waals surface area contributed by atoms with Gasteiger partial charge in [-0.05, 0) is 26.0 Å². The Morgan fingerprint density at radius 2 is 1.78 bits per heavy atom. The van der Waals surface area contributed by atoms with Crippen molar-refractivity contribution in [3.63, 3.8) is 0 Å². The van der Waals surface area contributed by atoms with Gasteiger partial charge in [0, 0.05) is 24.1 Å². The van der Waals surface area contributed by atoms with Crippen LogP contribution < -0.4 is 10.6 Å². The average molecular weight is 375 g/mol. The largest absolute Gasteiger partial charge is 0.511 e. The highest BCUT2D eigenvalue weighted by molar-refractivity contribution is 5.75. The molecule has 1 aromatic carbocycles. The number of carbonyl (C=O) groups is 1. The first-order valence-electron chi connectivity index (χ1n) is 7.89. The predicted octanol–water partition coefficient (Wildman–Crippen LogP) is 1.92. The molecule has 0 radical (unpaired) electrons. The van der Waals surface area contributed by atoms with Crippen molar-refractivity contribution in [2.45, 2.75) is 20.3 Å². The summed E-state index contributed by atoms with van der Waals surface area (Å²) in [6.07, 6.45) is 0.807. The summed E-state index contributed by atoms with van der Waals surface area (Å²) < 4.78 is 28.3. The number of aliphatic hydroxyl groups excluding tert-OH is 1. The fourth-order valence-corrected chi connectivity index (χ4v) is 2.72. The fourth-order valence-electron chi connectivity index (χ4n) is 2.72. The van der Waals surface area contributed by atoms with Crippen molar-refractivity contribution in [3.8, 4) is 11.3 Å². The molecule has 0 atom stereocenters. The van der Waals surface area contributed by atoms with Gasteiger partial charge in [0.2, 0.25) is 0 Å². The Balaban J connectivity index is 2.29. The zero-order valence-electron chi connectivity index (χ0n) is 14.4. The number of hydrogen-bond donors (Lipinski definition) is 2. The number of aromatic nitrogens is 3. The third kappa shape index (κ3) is 3.35. The maximum absolute atomic E-state index is 13.5. The topological polar surface area (TPSA) is 105 Å². The zero-order valence-corrected chi connectivity index (χ0v) is 14.4. The number of carboxylic acids is 1. The number of carboxylic acid groups (broad SMARTS) is 1. The van der Waals surface area contributed by atoms with E-state index in [1.165, 1.54) is 13.8 Å². The molecule has 0 spiro atoms. The van der Waals surface area contributed by atoms with E-state index in [9.17, 15) is 28.6 Å². The number of benzene rings is 1. The van der Waals surface area contributed by atoms with E-state index in [4.69, 9.17) is 0 Å². The van der Waals surface area contributed by atoms with Crippen LogP contribution in [-0.4, -0.2) is 30.8 Å². The summed E-state index contributed by atoms with van der Waals surface area (Å²) in [5, 5.41) is 23.4. The molecule has 2 aromatic heterocycles. The lowest BCUT2D eigenvalue weighted by Gasteiger charge is -2.18. The molecule has 0 bridgehead atoms. The van der Waals surface area contributed by atoms with Crippen LogP contribution in [0.2, 0.25) is 0 Å². The van der Waals surface area contributed by atoms with Crippen molar-refractivity contribution in [3.05, 3.63) is 57.7 Å². The van der Waals surface area contributed by atoms with Gasteiger partial charge in [0.25, 0.3) is 0 Å². The lowest BCUT2D eigenvalue weighted by atomic mass is 9.88. The monoisotopic (exact) mass is 375 g/mol.